The molecule has 2 unspecified atom stereocenters. The fraction of sp³-hybridized carbons (Fsp3) is 0.375. The van der Waals surface area contributed by atoms with Gasteiger partial charge in [0.2, 0.25) is 0 Å². The monoisotopic (exact) mass is 167 g/mol. The van der Waals surface area contributed by atoms with Gasteiger partial charge in [-0.1, -0.05) is 0 Å². The highest BCUT2D eigenvalue weighted by atomic mass is 16.3. The highest BCUT2D eigenvalue weighted by Crippen LogP contribution is 2.11. The van der Waals surface area contributed by atoms with Crippen LogP contribution in [0.25, 0.3) is 0 Å². The summed E-state index contributed by atoms with van der Waals surface area (Å²) in [5.74, 6) is 0. The van der Waals surface area contributed by atoms with E-state index in [0.717, 1.165) is 0 Å². The van der Waals surface area contributed by atoms with Crippen LogP contribution in [-0.4, -0.2) is 16.2 Å². The van der Waals surface area contributed by atoms with Gasteiger partial charge in [-0.3, -0.25) is 4.98 Å². The van der Waals surface area contributed by atoms with Gasteiger partial charge in [0.15, 0.2) is 0 Å². The first-order valence-corrected chi connectivity index (χ1v) is 3.76. The minimum absolute atomic E-state index is 0.439. The second-order valence-electron chi connectivity index (χ2n) is 2.78. The summed E-state index contributed by atoms with van der Waals surface area (Å²) >= 11 is 0. The zero-order valence-corrected chi connectivity index (χ0v) is 6.94. The Hall–Kier alpha value is -1.13. The van der Waals surface area contributed by atoms with E-state index in [0.29, 0.717) is 11.4 Å². The molecule has 12 heavy (non-hydrogen) atoms. The lowest BCUT2D eigenvalue weighted by atomic mass is 10.1. The number of nitrogens with two attached hydrogens (primary N) is 2. The van der Waals surface area contributed by atoms with Crippen LogP contribution in [0.2, 0.25) is 0 Å². The summed E-state index contributed by atoms with van der Waals surface area (Å²) in [6.45, 7) is 1.63. The van der Waals surface area contributed by atoms with Crippen molar-refractivity contribution < 1.29 is 5.11 Å². The van der Waals surface area contributed by atoms with Gasteiger partial charge in [-0.15, -0.1) is 0 Å². The second kappa shape index (κ2) is 3.51. The SMILES string of the molecule is CC(O)C(N)c1ccc(N)cn1. The molecule has 0 spiro atoms. The number of nitrogens with zero attached hydrogens (tertiary/aromatic N) is 1. The standard InChI is InChI=1S/C8H13N3O/c1-5(12)8(10)7-3-2-6(9)4-11-7/h2-5,8,12H,9-10H2,1H3. The van der Waals surface area contributed by atoms with Crippen molar-refractivity contribution in [1.29, 1.82) is 0 Å². The largest absolute Gasteiger partial charge is 0.397 e. The molecule has 0 aliphatic carbocycles. The fourth-order valence-electron chi connectivity index (χ4n) is 0.861. The van der Waals surface area contributed by atoms with Crippen molar-refractivity contribution in [3.05, 3.63) is 24.0 Å². The summed E-state index contributed by atoms with van der Waals surface area (Å²) in [5.41, 5.74) is 12.3. The number of pyridine rings is 1. The molecule has 0 aliphatic rings. The van der Waals surface area contributed by atoms with Crippen LogP contribution in [0.4, 0.5) is 5.69 Å². The van der Waals surface area contributed by atoms with Gasteiger partial charge in [0.25, 0.3) is 0 Å². The molecular formula is C8H13N3O. The van der Waals surface area contributed by atoms with Gasteiger partial charge >= 0.3 is 0 Å². The van der Waals surface area contributed by atoms with Gasteiger partial charge in [0.1, 0.15) is 0 Å². The predicted molar refractivity (Wildman–Crippen MR) is 47.3 cm³/mol. The molecule has 66 valence electrons. The molecule has 0 aliphatic heterocycles. The molecule has 0 saturated carbocycles. The van der Waals surface area contributed by atoms with Gasteiger partial charge in [-0.25, -0.2) is 0 Å². The van der Waals surface area contributed by atoms with E-state index >= 15 is 0 Å². The Morgan fingerprint density at radius 1 is 1.50 bits per heavy atom. The number of hydrogen-bond acceptors (Lipinski definition) is 4. The quantitative estimate of drug-likeness (QED) is 0.580. The van der Waals surface area contributed by atoms with Gasteiger partial charge in [0, 0.05) is 0 Å². The van der Waals surface area contributed by atoms with E-state index in [-0.39, 0.29) is 0 Å². The maximum absolute atomic E-state index is 9.15. The van der Waals surface area contributed by atoms with Crippen LogP contribution in [-0.2, 0) is 0 Å². The van der Waals surface area contributed by atoms with E-state index in [1.807, 2.05) is 0 Å². The Kier molecular flexibility index (Phi) is 2.62. The van der Waals surface area contributed by atoms with Gasteiger partial charge in [-0.05, 0) is 19.1 Å². The Labute approximate surface area is 71.2 Å². The van der Waals surface area contributed by atoms with Crippen LogP contribution in [0.3, 0.4) is 0 Å². The molecule has 0 amide bonds. The zero-order chi connectivity index (χ0) is 9.14. The molecular weight excluding hydrogens is 154 g/mol. The summed E-state index contributed by atoms with van der Waals surface area (Å²) in [4.78, 5) is 3.99. The third-order valence-electron chi connectivity index (χ3n) is 1.67. The molecule has 0 fully saturated rings. The summed E-state index contributed by atoms with van der Waals surface area (Å²) in [6.07, 6.45) is 0.929. The van der Waals surface area contributed by atoms with Crippen molar-refractivity contribution in [1.82, 2.24) is 4.98 Å². The number of aromatic nitrogens is 1. The van der Waals surface area contributed by atoms with Crippen molar-refractivity contribution in [3.63, 3.8) is 0 Å². The van der Waals surface area contributed by atoms with Crippen molar-refractivity contribution in [2.45, 2.75) is 19.1 Å². The highest BCUT2D eigenvalue weighted by molar-refractivity contribution is 5.35. The first-order valence-electron chi connectivity index (χ1n) is 3.76. The number of aliphatic hydroxyl groups is 1. The highest BCUT2D eigenvalue weighted by Gasteiger charge is 2.12. The molecule has 2 atom stereocenters. The minimum atomic E-state index is -0.596. The fourth-order valence-corrected chi connectivity index (χ4v) is 0.861. The van der Waals surface area contributed by atoms with Crippen LogP contribution < -0.4 is 11.5 Å². The van der Waals surface area contributed by atoms with Crippen molar-refractivity contribution in [3.8, 4) is 0 Å². The Bertz CT molecular complexity index is 245. The molecule has 1 aromatic rings. The zero-order valence-electron chi connectivity index (χ0n) is 6.94. The van der Waals surface area contributed by atoms with E-state index in [9.17, 15) is 0 Å². The van der Waals surface area contributed by atoms with E-state index in [1.165, 1.54) is 6.20 Å². The maximum atomic E-state index is 9.15. The molecule has 0 saturated heterocycles. The molecule has 0 bridgehead atoms. The van der Waals surface area contributed by atoms with Crippen molar-refractivity contribution in [2.75, 3.05) is 5.73 Å². The first kappa shape index (κ1) is 8.96. The third kappa shape index (κ3) is 1.93. The molecule has 0 aromatic carbocycles. The van der Waals surface area contributed by atoms with Gasteiger partial charge < -0.3 is 16.6 Å². The summed E-state index contributed by atoms with van der Waals surface area (Å²) < 4.78 is 0. The third-order valence-corrected chi connectivity index (χ3v) is 1.67. The lowest BCUT2D eigenvalue weighted by Crippen LogP contribution is -2.24. The summed E-state index contributed by atoms with van der Waals surface area (Å²) in [7, 11) is 0. The average Bonchev–Trinajstić information content (AvgIpc) is 2.04. The Morgan fingerprint density at radius 2 is 2.17 bits per heavy atom. The first-order chi connectivity index (χ1) is 5.61. The van der Waals surface area contributed by atoms with E-state index in [2.05, 4.69) is 4.98 Å². The molecule has 1 aromatic heterocycles. The lowest BCUT2D eigenvalue weighted by Gasteiger charge is -2.13. The minimum Gasteiger partial charge on any atom is -0.397 e. The van der Waals surface area contributed by atoms with Crippen molar-refractivity contribution >= 4 is 5.69 Å². The van der Waals surface area contributed by atoms with E-state index in [4.69, 9.17) is 16.6 Å². The molecule has 1 heterocycles. The maximum Gasteiger partial charge on any atom is 0.0730 e. The molecule has 1 rings (SSSR count). The van der Waals surface area contributed by atoms with Crippen LogP contribution in [0.5, 0.6) is 0 Å². The Balaban J connectivity index is 2.82. The predicted octanol–water partition coefficient (Wildman–Crippen LogP) is 0.0444. The summed E-state index contributed by atoms with van der Waals surface area (Å²) in [5, 5.41) is 9.15. The normalized spacial score (nSPS) is 15.6. The van der Waals surface area contributed by atoms with Crippen LogP contribution in [0, 0.1) is 0 Å². The number of rotatable bonds is 2. The molecule has 0 radical (unpaired) electrons. The number of anilines is 1. The second-order valence-corrected chi connectivity index (χ2v) is 2.78. The molecule has 4 heteroatoms. The topological polar surface area (TPSA) is 85.2 Å². The number of hydrogen-bond donors (Lipinski definition) is 3. The van der Waals surface area contributed by atoms with E-state index < -0.39 is 12.1 Å². The Morgan fingerprint density at radius 3 is 2.58 bits per heavy atom. The van der Waals surface area contributed by atoms with Crippen LogP contribution in [0.1, 0.15) is 18.7 Å². The van der Waals surface area contributed by atoms with Gasteiger partial charge in [0.05, 0.1) is 29.7 Å². The molecule has 5 N–H and O–H groups in total. The summed E-state index contributed by atoms with van der Waals surface area (Å²) in [6, 6.07) is 2.99. The van der Waals surface area contributed by atoms with Crippen LogP contribution in [0.15, 0.2) is 18.3 Å². The lowest BCUT2D eigenvalue weighted by molar-refractivity contribution is 0.162. The smallest absolute Gasteiger partial charge is 0.0730 e. The van der Waals surface area contributed by atoms with Gasteiger partial charge in [-0.2, -0.15) is 0 Å². The number of aliphatic hydroxyl groups excluding tert-OH is 1. The van der Waals surface area contributed by atoms with Crippen molar-refractivity contribution in [2.24, 2.45) is 5.73 Å². The van der Waals surface area contributed by atoms with E-state index in [1.54, 1.807) is 19.1 Å². The average molecular weight is 167 g/mol. The number of nitrogen functional groups attached to an aromatic ring is 1. The molecule has 4 nitrogen and oxygen atoms in total. The van der Waals surface area contributed by atoms with Crippen LogP contribution >= 0.6 is 0 Å².